The fourth-order valence-electron chi connectivity index (χ4n) is 2.29. The molecule has 9 heteroatoms. The van der Waals surface area contributed by atoms with E-state index < -0.39 is 10.2 Å². The Morgan fingerprint density at radius 2 is 2.04 bits per heavy atom. The van der Waals surface area contributed by atoms with E-state index in [1.807, 2.05) is 0 Å². The van der Waals surface area contributed by atoms with Gasteiger partial charge in [0.1, 0.15) is 5.65 Å². The van der Waals surface area contributed by atoms with Crippen molar-refractivity contribution in [2.75, 3.05) is 18.8 Å². The summed E-state index contributed by atoms with van der Waals surface area (Å²) in [4.78, 5) is 19.9. The summed E-state index contributed by atoms with van der Waals surface area (Å²) in [6.45, 7) is 0. The summed E-state index contributed by atoms with van der Waals surface area (Å²) in [5.41, 5.74) is 1.62. The largest absolute Gasteiger partial charge is 0.345 e. The standard InChI is InChI=1S/C16H15ClN4O3S/c1-21(2)25(23,24)20-12-5-3-4-10(6-12)15(22)14-9-19-16-13(14)7-11(17)8-18-16/h3-9,20H,1-2H3,(H,18,19). The van der Waals surface area contributed by atoms with Crippen molar-refractivity contribution < 1.29 is 13.2 Å². The van der Waals surface area contributed by atoms with Crippen LogP contribution in [0.4, 0.5) is 5.69 Å². The van der Waals surface area contributed by atoms with E-state index in [4.69, 9.17) is 11.6 Å². The molecule has 25 heavy (non-hydrogen) atoms. The molecule has 7 nitrogen and oxygen atoms in total. The van der Waals surface area contributed by atoms with Crippen LogP contribution in [0.5, 0.6) is 0 Å². The molecule has 2 heterocycles. The summed E-state index contributed by atoms with van der Waals surface area (Å²) in [6, 6.07) is 7.95. The fraction of sp³-hybridized carbons (Fsp3) is 0.125. The van der Waals surface area contributed by atoms with E-state index >= 15 is 0 Å². The van der Waals surface area contributed by atoms with Crippen molar-refractivity contribution in [2.45, 2.75) is 0 Å². The molecule has 1 aromatic carbocycles. The number of fused-ring (bicyclic) bond motifs is 1. The molecule has 0 radical (unpaired) electrons. The molecule has 0 bridgehead atoms. The lowest BCUT2D eigenvalue weighted by Gasteiger charge is -2.13. The van der Waals surface area contributed by atoms with Crippen LogP contribution in [-0.2, 0) is 10.2 Å². The van der Waals surface area contributed by atoms with Crippen molar-refractivity contribution in [1.82, 2.24) is 14.3 Å². The fourth-order valence-corrected chi connectivity index (χ4v) is 3.05. The smallest absolute Gasteiger partial charge is 0.301 e. The highest BCUT2D eigenvalue weighted by Crippen LogP contribution is 2.24. The molecule has 0 saturated heterocycles. The molecule has 0 saturated carbocycles. The predicted octanol–water partition coefficient (Wildman–Crippen LogP) is 2.67. The average Bonchev–Trinajstić information content (AvgIpc) is 2.96. The molecular formula is C16H15ClN4O3S. The first kappa shape index (κ1) is 17.4. The molecule has 0 unspecified atom stereocenters. The first-order chi connectivity index (χ1) is 11.8. The first-order valence-electron chi connectivity index (χ1n) is 7.25. The highest BCUT2D eigenvalue weighted by atomic mass is 35.5. The van der Waals surface area contributed by atoms with Gasteiger partial charge in [-0.15, -0.1) is 0 Å². The molecule has 0 amide bonds. The number of pyridine rings is 1. The van der Waals surface area contributed by atoms with Gasteiger partial charge >= 0.3 is 10.2 Å². The molecule has 0 aliphatic rings. The van der Waals surface area contributed by atoms with Crippen LogP contribution < -0.4 is 4.72 Å². The van der Waals surface area contributed by atoms with Gasteiger partial charge in [-0.3, -0.25) is 9.52 Å². The van der Waals surface area contributed by atoms with Crippen LogP contribution in [0, 0.1) is 0 Å². The number of hydrogen-bond donors (Lipinski definition) is 2. The lowest BCUT2D eigenvalue weighted by atomic mass is 10.0. The monoisotopic (exact) mass is 378 g/mol. The maximum Gasteiger partial charge on any atom is 0.301 e. The minimum Gasteiger partial charge on any atom is -0.345 e. The first-order valence-corrected chi connectivity index (χ1v) is 9.07. The molecule has 2 N–H and O–H groups in total. The number of halogens is 1. The summed E-state index contributed by atoms with van der Waals surface area (Å²) in [6.07, 6.45) is 3.05. The van der Waals surface area contributed by atoms with E-state index in [9.17, 15) is 13.2 Å². The van der Waals surface area contributed by atoms with Gasteiger partial charge in [-0.2, -0.15) is 12.7 Å². The number of H-pyrrole nitrogens is 1. The molecule has 130 valence electrons. The van der Waals surface area contributed by atoms with Crippen molar-refractivity contribution in [3.63, 3.8) is 0 Å². The van der Waals surface area contributed by atoms with Crippen LogP contribution >= 0.6 is 11.6 Å². The zero-order valence-electron chi connectivity index (χ0n) is 13.4. The Kier molecular flexibility index (Phi) is 4.51. The number of rotatable bonds is 5. The third-order valence-corrected chi connectivity index (χ3v) is 5.26. The normalized spacial score (nSPS) is 11.8. The third-order valence-electron chi connectivity index (χ3n) is 3.59. The number of nitrogens with zero attached hydrogens (tertiary/aromatic N) is 2. The van der Waals surface area contributed by atoms with Gasteiger partial charge in [-0.05, 0) is 18.2 Å². The average molecular weight is 379 g/mol. The van der Waals surface area contributed by atoms with Crippen LogP contribution in [0.25, 0.3) is 11.0 Å². The Labute approximate surface area is 149 Å². The molecule has 0 spiro atoms. The second-order valence-corrected chi connectivity index (χ2v) is 7.87. The molecule has 0 atom stereocenters. The van der Waals surface area contributed by atoms with E-state index in [2.05, 4.69) is 14.7 Å². The number of carbonyl (C=O) groups excluding carboxylic acids is 1. The Balaban J connectivity index is 1.97. The van der Waals surface area contributed by atoms with E-state index in [1.54, 1.807) is 30.5 Å². The molecule has 3 rings (SSSR count). The van der Waals surface area contributed by atoms with E-state index in [0.717, 1.165) is 4.31 Å². The van der Waals surface area contributed by atoms with Crippen molar-refractivity contribution >= 4 is 44.3 Å². The maximum atomic E-state index is 12.8. The zero-order valence-corrected chi connectivity index (χ0v) is 15.0. The van der Waals surface area contributed by atoms with Crippen molar-refractivity contribution in [1.29, 1.82) is 0 Å². The van der Waals surface area contributed by atoms with Crippen molar-refractivity contribution in [3.8, 4) is 0 Å². The van der Waals surface area contributed by atoms with E-state index in [0.29, 0.717) is 32.9 Å². The summed E-state index contributed by atoms with van der Waals surface area (Å²) < 4.78 is 27.3. The lowest BCUT2D eigenvalue weighted by Crippen LogP contribution is -2.28. The van der Waals surface area contributed by atoms with Gasteiger partial charge in [-0.25, -0.2) is 4.98 Å². The summed E-state index contributed by atoms with van der Waals surface area (Å²) in [5.74, 6) is -0.263. The van der Waals surface area contributed by atoms with E-state index in [1.165, 1.54) is 26.4 Å². The van der Waals surface area contributed by atoms with Crippen molar-refractivity contribution in [3.05, 3.63) is 58.9 Å². The second kappa shape index (κ2) is 6.47. The van der Waals surface area contributed by atoms with Gasteiger partial charge in [0.2, 0.25) is 0 Å². The number of nitrogens with one attached hydrogen (secondary N) is 2. The summed E-state index contributed by atoms with van der Waals surface area (Å²) >= 11 is 5.96. The number of carbonyl (C=O) groups is 1. The molecule has 0 aliphatic carbocycles. The van der Waals surface area contributed by atoms with Crippen LogP contribution in [0.3, 0.4) is 0 Å². The number of aromatic amines is 1. The highest BCUT2D eigenvalue weighted by molar-refractivity contribution is 7.90. The second-order valence-electron chi connectivity index (χ2n) is 5.55. The van der Waals surface area contributed by atoms with Gasteiger partial charge < -0.3 is 4.98 Å². The van der Waals surface area contributed by atoms with E-state index in [-0.39, 0.29) is 5.78 Å². The van der Waals surface area contributed by atoms with Gasteiger partial charge in [0, 0.05) is 43.0 Å². The summed E-state index contributed by atoms with van der Waals surface area (Å²) in [7, 11) is -0.816. The number of anilines is 1. The van der Waals surface area contributed by atoms with Gasteiger partial charge in [-0.1, -0.05) is 23.7 Å². The van der Waals surface area contributed by atoms with Gasteiger partial charge in [0.05, 0.1) is 10.7 Å². The number of ketones is 1. The van der Waals surface area contributed by atoms with Gasteiger partial charge in [0.15, 0.2) is 5.78 Å². The zero-order chi connectivity index (χ0) is 18.2. The number of benzene rings is 1. The van der Waals surface area contributed by atoms with Crippen LogP contribution in [-0.4, -0.2) is 42.6 Å². The molecule has 0 aliphatic heterocycles. The molecular weight excluding hydrogens is 364 g/mol. The Morgan fingerprint density at radius 1 is 1.28 bits per heavy atom. The van der Waals surface area contributed by atoms with Crippen LogP contribution in [0.1, 0.15) is 15.9 Å². The Bertz CT molecular complexity index is 1060. The van der Waals surface area contributed by atoms with Crippen molar-refractivity contribution in [2.24, 2.45) is 0 Å². The van der Waals surface area contributed by atoms with Crippen LogP contribution in [0.2, 0.25) is 5.02 Å². The van der Waals surface area contributed by atoms with Gasteiger partial charge in [0.25, 0.3) is 0 Å². The summed E-state index contributed by atoms with van der Waals surface area (Å²) in [5, 5.41) is 1.03. The topological polar surface area (TPSA) is 95.2 Å². The molecule has 2 aromatic heterocycles. The quantitative estimate of drug-likeness (QED) is 0.667. The molecule has 0 fully saturated rings. The maximum absolute atomic E-state index is 12.8. The van der Waals surface area contributed by atoms with Crippen LogP contribution in [0.15, 0.2) is 42.7 Å². The minimum atomic E-state index is -3.65. The SMILES string of the molecule is CN(C)S(=O)(=O)Nc1cccc(C(=O)c2c[nH]c3ncc(Cl)cc23)c1. The third kappa shape index (κ3) is 3.51. The minimum absolute atomic E-state index is 0.263. The number of aromatic nitrogens is 2. The Hall–Kier alpha value is -2.42. The molecule has 3 aromatic rings. The highest BCUT2D eigenvalue weighted by Gasteiger charge is 2.17. The lowest BCUT2D eigenvalue weighted by molar-refractivity contribution is 0.104. The number of hydrogen-bond acceptors (Lipinski definition) is 4. The predicted molar refractivity (Wildman–Crippen MR) is 97.2 cm³/mol. The Morgan fingerprint density at radius 3 is 2.76 bits per heavy atom.